The van der Waals surface area contributed by atoms with Crippen molar-refractivity contribution in [2.45, 2.75) is 57.4 Å². The number of rotatable bonds is 6. The summed E-state index contributed by atoms with van der Waals surface area (Å²) in [4.78, 5) is 26.1. The van der Waals surface area contributed by atoms with Crippen LogP contribution in [-0.4, -0.2) is 28.0 Å². The van der Waals surface area contributed by atoms with Gasteiger partial charge in [-0.15, -0.1) is 0 Å². The van der Waals surface area contributed by atoms with Crippen molar-refractivity contribution in [1.82, 2.24) is 4.98 Å². The zero-order valence-corrected chi connectivity index (χ0v) is 12.7. The van der Waals surface area contributed by atoms with Crippen molar-refractivity contribution < 1.29 is 14.7 Å². The lowest BCUT2D eigenvalue weighted by Gasteiger charge is -2.17. The predicted octanol–water partition coefficient (Wildman–Crippen LogP) is 3.02. The van der Waals surface area contributed by atoms with Crippen molar-refractivity contribution in [2.24, 2.45) is 0 Å². The number of amides is 1. The number of anilines is 2. The minimum atomic E-state index is -0.981. The van der Waals surface area contributed by atoms with Gasteiger partial charge in [0.25, 0.3) is 0 Å². The fourth-order valence-electron chi connectivity index (χ4n) is 2.64. The molecule has 3 N–H and O–H groups in total. The number of carboxylic acids is 1. The van der Waals surface area contributed by atoms with Crippen LogP contribution in [0.5, 0.6) is 0 Å². The largest absolute Gasteiger partial charge is 0.481 e. The fraction of sp³-hybridized carbons (Fsp3) is 0.562. The Labute approximate surface area is 130 Å². The van der Waals surface area contributed by atoms with Gasteiger partial charge in [0, 0.05) is 12.5 Å². The van der Waals surface area contributed by atoms with Crippen LogP contribution in [0.15, 0.2) is 18.3 Å². The number of pyridine rings is 1. The highest BCUT2D eigenvalue weighted by Crippen LogP contribution is 2.21. The molecule has 1 amide bonds. The molecule has 0 saturated heterocycles. The minimum Gasteiger partial charge on any atom is -0.481 e. The molecule has 0 unspecified atom stereocenters. The SMILES string of the molecule is O=C(O)CCC(=O)Nc1ccc(NC2CCCCCC2)cn1. The second-order valence-electron chi connectivity index (χ2n) is 5.71. The van der Waals surface area contributed by atoms with E-state index in [0.29, 0.717) is 11.9 Å². The molecule has 0 aliphatic heterocycles. The van der Waals surface area contributed by atoms with Crippen LogP contribution in [0.4, 0.5) is 11.5 Å². The van der Waals surface area contributed by atoms with Crippen molar-refractivity contribution in [3.63, 3.8) is 0 Å². The lowest BCUT2D eigenvalue weighted by molar-refractivity contribution is -0.138. The molecule has 6 nitrogen and oxygen atoms in total. The normalized spacial score (nSPS) is 15.8. The quantitative estimate of drug-likeness (QED) is 0.703. The average Bonchev–Trinajstić information content (AvgIpc) is 2.76. The van der Waals surface area contributed by atoms with Gasteiger partial charge in [-0.05, 0) is 25.0 Å². The van der Waals surface area contributed by atoms with E-state index in [0.717, 1.165) is 5.69 Å². The van der Waals surface area contributed by atoms with Gasteiger partial charge in [0.2, 0.25) is 5.91 Å². The number of carbonyl (C=O) groups excluding carboxylic acids is 1. The van der Waals surface area contributed by atoms with E-state index < -0.39 is 5.97 Å². The molecule has 1 aliphatic rings. The maximum atomic E-state index is 11.5. The smallest absolute Gasteiger partial charge is 0.303 e. The lowest BCUT2D eigenvalue weighted by Crippen LogP contribution is -2.18. The molecule has 0 aromatic carbocycles. The third kappa shape index (κ3) is 5.71. The van der Waals surface area contributed by atoms with Gasteiger partial charge in [0.15, 0.2) is 0 Å². The van der Waals surface area contributed by atoms with E-state index in [1.165, 1.54) is 38.5 Å². The summed E-state index contributed by atoms with van der Waals surface area (Å²) in [6.07, 6.45) is 9.03. The molecular weight excluding hydrogens is 282 g/mol. The summed E-state index contributed by atoms with van der Waals surface area (Å²) in [6, 6.07) is 4.13. The number of hydrogen-bond acceptors (Lipinski definition) is 4. The van der Waals surface area contributed by atoms with E-state index in [4.69, 9.17) is 5.11 Å². The summed E-state index contributed by atoms with van der Waals surface area (Å²) in [5, 5.41) is 14.6. The second-order valence-corrected chi connectivity index (χ2v) is 5.71. The van der Waals surface area contributed by atoms with Crippen LogP contribution in [0.3, 0.4) is 0 Å². The van der Waals surface area contributed by atoms with Crippen molar-refractivity contribution >= 4 is 23.4 Å². The first kappa shape index (κ1) is 16.3. The molecular formula is C16H23N3O3. The maximum Gasteiger partial charge on any atom is 0.303 e. The van der Waals surface area contributed by atoms with Crippen LogP contribution in [0.25, 0.3) is 0 Å². The number of nitrogens with one attached hydrogen (secondary N) is 2. The highest BCUT2D eigenvalue weighted by Gasteiger charge is 2.12. The van der Waals surface area contributed by atoms with Crippen LogP contribution < -0.4 is 10.6 Å². The van der Waals surface area contributed by atoms with Gasteiger partial charge in [0.1, 0.15) is 5.82 Å². The molecule has 0 spiro atoms. The van der Waals surface area contributed by atoms with E-state index in [2.05, 4.69) is 15.6 Å². The number of aromatic nitrogens is 1. The minimum absolute atomic E-state index is 0.0426. The van der Waals surface area contributed by atoms with Crippen molar-refractivity contribution in [2.75, 3.05) is 10.6 Å². The Kier molecular flexibility index (Phi) is 6.18. The molecule has 0 bridgehead atoms. The Balaban J connectivity index is 1.81. The van der Waals surface area contributed by atoms with Crippen molar-refractivity contribution in [3.8, 4) is 0 Å². The summed E-state index contributed by atoms with van der Waals surface area (Å²) in [7, 11) is 0. The topological polar surface area (TPSA) is 91.3 Å². The zero-order valence-electron chi connectivity index (χ0n) is 12.7. The van der Waals surface area contributed by atoms with E-state index in [1.54, 1.807) is 12.3 Å². The Hall–Kier alpha value is -2.11. The van der Waals surface area contributed by atoms with Gasteiger partial charge in [-0.3, -0.25) is 9.59 Å². The van der Waals surface area contributed by atoms with Gasteiger partial charge < -0.3 is 15.7 Å². The summed E-state index contributed by atoms with van der Waals surface area (Å²) in [5.74, 6) is -0.868. The molecule has 1 saturated carbocycles. The Morgan fingerprint density at radius 2 is 1.86 bits per heavy atom. The number of carboxylic acid groups (broad SMARTS) is 1. The number of hydrogen-bond donors (Lipinski definition) is 3. The van der Waals surface area contributed by atoms with Gasteiger partial charge in [-0.1, -0.05) is 25.7 Å². The van der Waals surface area contributed by atoms with Crippen LogP contribution in [0, 0.1) is 0 Å². The highest BCUT2D eigenvalue weighted by molar-refractivity contribution is 5.91. The standard InChI is InChI=1S/C16H23N3O3/c20-15(9-10-16(21)22)19-14-8-7-13(11-17-14)18-12-5-3-1-2-4-6-12/h7-8,11-12,18H,1-6,9-10H2,(H,21,22)(H,17,19,20). The van der Waals surface area contributed by atoms with Crippen LogP contribution in [0.2, 0.25) is 0 Å². The third-order valence-corrected chi connectivity index (χ3v) is 3.82. The van der Waals surface area contributed by atoms with Gasteiger partial charge in [-0.25, -0.2) is 4.98 Å². The Morgan fingerprint density at radius 1 is 1.14 bits per heavy atom. The summed E-state index contributed by atoms with van der Waals surface area (Å²) in [6.45, 7) is 0. The third-order valence-electron chi connectivity index (χ3n) is 3.82. The summed E-state index contributed by atoms with van der Waals surface area (Å²) < 4.78 is 0. The zero-order chi connectivity index (χ0) is 15.8. The van der Waals surface area contributed by atoms with Crippen LogP contribution in [0.1, 0.15) is 51.4 Å². The summed E-state index contributed by atoms with van der Waals surface area (Å²) >= 11 is 0. The first-order chi connectivity index (χ1) is 10.6. The van der Waals surface area contributed by atoms with Gasteiger partial charge in [-0.2, -0.15) is 0 Å². The molecule has 120 valence electrons. The number of carbonyl (C=O) groups is 2. The highest BCUT2D eigenvalue weighted by atomic mass is 16.4. The molecule has 1 aromatic heterocycles. The Bertz CT molecular complexity index is 494. The Morgan fingerprint density at radius 3 is 2.45 bits per heavy atom. The van der Waals surface area contributed by atoms with Gasteiger partial charge in [0.05, 0.1) is 18.3 Å². The maximum absolute atomic E-state index is 11.5. The molecule has 0 radical (unpaired) electrons. The number of nitrogens with zero attached hydrogens (tertiary/aromatic N) is 1. The molecule has 6 heteroatoms. The molecule has 2 rings (SSSR count). The average molecular weight is 305 g/mol. The van der Waals surface area contributed by atoms with E-state index in [-0.39, 0.29) is 18.7 Å². The van der Waals surface area contributed by atoms with E-state index in [9.17, 15) is 9.59 Å². The first-order valence-electron chi connectivity index (χ1n) is 7.88. The van der Waals surface area contributed by atoms with Crippen molar-refractivity contribution in [1.29, 1.82) is 0 Å². The molecule has 1 aromatic rings. The molecule has 1 fully saturated rings. The molecule has 22 heavy (non-hydrogen) atoms. The fourth-order valence-corrected chi connectivity index (χ4v) is 2.64. The first-order valence-corrected chi connectivity index (χ1v) is 7.88. The second kappa shape index (κ2) is 8.36. The number of aliphatic carboxylic acids is 1. The van der Waals surface area contributed by atoms with Crippen LogP contribution in [-0.2, 0) is 9.59 Å². The monoisotopic (exact) mass is 305 g/mol. The molecule has 1 heterocycles. The van der Waals surface area contributed by atoms with Crippen LogP contribution >= 0.6 is 0 Å². The van der Waals surface area contributed by atoms with Gasteiger partial charge >= 0.3 is 5.97 Å². The molecule has 1 aliphatic carbocycles. The summed E-state index contributed by atoms with van der Waals surface area (Å²) in [5.41, 5.74) is 0.954. The lowest BCUT2D eigenvalue weighted by atomic mass is 10.1. The predicted molar refractivity (Wildman–Crippen MR) is 84.8 cm³/mol. The van der Waals surface area contributed by atoms with E-state index in [1.807, 2.05) is 6.07 Å². The molecule has 0 atom stereocenters. The van der Waals surface area contributed by atoms with Crippen molar-refractivity contribution in [3.05, 3.63) is 18.3 Å². The van der Waals surface area contributed by atoms with E-state index >= 15 is 0 Å².